The number of nitro groups is 1. The minimum absolute atomic E-state index is 0.0355. The largest absolute Gasteiger partial charge is 0.465 e. The lowest BCUT2D eigenvalue weighted by Gasteiger charge is -2.12. The molecule has 1 rings (SSSR count). The summed E-state index contributed by atoms with van der Waals surface area (Å²) in [4.78, 5) is 31.1. The van der Waals surface area contributed by atoms with Crippen LogP contribution in [0.1, 0.15) is 15.9 Å². The first-order valence-electron chi connectivity index (χ1n) is 4.90. The van der Waals surface area contributed by atoms with E-state index in [1.54, 1.807) is 0 Å². The Hall–Kier alpha value is -2.65. The molecule has 0 bridgehead atoms. The average Bonchev–Trinajstić information content (AvgIpc) is 2.36. The summed E-state index contributed by atoms with van der Waals surface area (Å²) in [7, 11) is 0.941. The summed E-state index contributed by atoms with van der Waals surface area (Å²) >= 11 is 0. The van der Waals surface area contributed by atoms with E-state index >= 15 is 0 Å². The molecular weight excluding hydrogens is 285 g/mol. The summed E-state index contributed by atoms with van der Waals surface area (Å²) in [5, 5.41) is 12.5. The van der Waals surface area contributed by atoms with Crippen molar-refractivity contribution in [1.82, 2.24) is 0 Å². The molecule has 0 unspecified atom stereocenters. The van der Waals surface area contributed by atoms with Crippen molar-refractivity contribution in [3.05, 3.63) is 33.4 Å². The minimum Gasteiger partial charge on any atom is -0.465 e. The molecule has 0 radical (unpaired) electrons. The van der Waals surface area contributed by atoms with Crippen LogP contribution in [-0.2, 0) is 15.7 Å². The first-order chi connectivity index (χ1) is 9.22. The van der Waals surface area contributed by atoms with Gasteiger partial charge in [0.15, 0.2) is 0 Å². The first kappa shape index (κ1) is 15.4. The molecule has 20 heavy (non-hydrogen) atoms. The number of nitrogens with zero attached hydrogens (tertiary/aromatic N) is 1. The van der Waals surface area contributed by atoms with Crippen molar-refractivity contribution in [2.45, 2.75) is 6.18 Å². The number of carbonyl (C=O) groups is 2. The number of amides is 1. The molecule has 0 atom stereocenters. The fourth-order valence-electron chi connectivity index (χ4n) is 1.43. The van der Waals surface area contributed by atoms with Gasteiger partial charge in [0.2, 0.25) is 6.41 Å². The second-order valence-corrected chi connectivity index (χ2v) is 3.42. The van der Waals surface area contributed by atoms with E-state index in [1.165, 1.54) is 0 Å². The number of hydrogen-bond acceptors (Lipinski definition) is 5. The highest BCUT2D eigenvalue weighted by atomic mass is 19.4. The van der Waals surface area contributed by atoms with Gasteiger partial charge in [0.25, 0.3) is 5.69 Å². The molecule has 1 amide bonds. The maximum absolute atomic E-state index is 12.7. The van der Waals surface area contributed by atoms with Gasteiger partial charge in [0.05, 0.1) is 23.3 Å². The Kier molecular flexibility index (Phi) is 4.27. The topological polar surface area (TPSA) is 98.5 Å². The van der Waals surface area contributed by atoms with Crippen molar-refractivity contribution in [3.63, 3.8) is 0 Å². The number of carbonyl (C=O) groups excluding carboxylic acids is 2. The van der Waals surface area contributed by atoms with E-state index < -0.39 is 39.6 Å². The quantitative estimate of drug-likeness (QED) is 0.396. The van der Waals surface area contributed by atoms with Gasteiger partial charge in [-0.15, -0.1) is 0 Å². The van der Waals surface area contributed by atoms with Crippen LogP contribution >= 0.6 is 0 Å². The maximum Gasteiger partial charge on any atom is 0.423 e. The number of rotatable bonds is 4. The Balaban J connectivity index is 3.63. The molecule has 0 aliphatic carbocycles. The lowest BCUT2D eigenvalue weighted by Crippen LogP contribution is -2.14. The predicted octanol–water partition coefficient (Wildman–Crippen LogP) is 1.97. The number of methoxy groups -OCH3 is 1. The van der Waals surface area contributed by atoms with Crippen molar-refractivity contribution in [2.24, 2.45) is 0 Å². The van der Waals surface area contributed by atoms with Gasteiger partial charge in [-0.25, -0.2) is 4.79 Å². The van der Waals surface area contributed by atoms with Gasteiger partial charge >= 0.3 is 12.1 Å². The van der Waals surface area contributed by atoms with Crippen LogP contribution < -0.4 is 5.32 Å². The van der Waals surface area contributed by atoms with Gasteiger partial charge in [-0.05, 0) is 6.07 Å². The number of benzene rings is 1. The Morgan fingerprint density at radius 2 is 2.05 bits per heavy atom. The molecule has 1 aromatic carbocycles. The summed E-state index contributed by atoms with van der Waals surface area (Å²) in [6.07, 6.45) is -4.98. The standard InChI is InChI=1S/C10H7F3N2O5/c1-20-9(17)5-2-8(15(18)19)6(10(11,12)13)3-7(5)14-4-16/h2-4H,1H3,(H,14,16). The number of ether oxygens (including phenoxy) is 1. The van der Waals surface area contributed by atoms with Gasteiger partial charge in [-0.2, -0.15) is 13.2 Å². The van der Waals surface area contributed by atoms with E-state index in [0.717, 1.165) is 7.11 Å². The number of hydrogen-bond donors (Lipinski definition) is 1. The zero-order chi connectivity index (χ0) is 15.5. The molecule has 0 aromatic heterocycles. The van der Waals surface area contributed by atoms with Gasteiger partial charge < -0.3 is 10.1 Å². The summed E-state index contributed by atoms with van der Waals surface area (Å²) in [5.74, 6) is -1.12. The highest BCUT2D eigenvalue weighted by Crippen LogP contribution is 2.39. The van der Waals surface area contributed by atoms with E-state index in [2.05, 4.69) is 4.74 Å². The summed E-state index contributed by atoms with van der Waals surface area (Å²) < 4.78 is 42.4. The van der Waals surface area contributed by atoms with Crippen LogP contribution in [0.5, 0.6) is 0 Å². The Bertz CT molecular complexity index is 571. The van der Waals surface area contributed by atoms with E-state index in [4.69, 9.17) is 0 Å². The molecular formula is C10H7F3N2O5. The smallest absolute Gasteiger partial charge is 0.423 e. The third-order valence-corrected chi connectivity index (χ3v) is 2.26. The molecule has 0 spiro atoms. The molecule has 0 saturated heterocycles. The fourth-order valence-corrected chi connectivity index (χ4v) is 1.43. The van der Waals surface area contributed by atoms with Crippen molar-refractivity contribution in [3.8, 4) is 0 Å². The van der Waals surface area contributed by atoms with Crippen molar-refractivity contribution < 1.29 is 32.4 Å². The van der Waals surface area contributed by atoms with Crippen molar-refractivity contribution in [1.29, 1.82) is 0 Å². The molecule has 1 aromatic rings. The minimum atomic E-state index is -5.02. The second kappa shape index (κ2) is 5.55. The first-order valence-corrected chi connectivity index (χ1v) is 4.90. The Morgan fingerprint density at radius 1 is 1.45 bits per heavy atom. The zero-order valence-corrected chi connectivity index (χ0v) is 9.85. The average molecular weight is 292 g/mol. The van der Waals surface area contributed by atoms with Crippen LogP contribution in [0.15, 0.2) is 12.1 Å². The lowest BCUT2D eigenvalue weighted by molar-refractivity contribution is -0.388. The van der Waals surface area contributed by atoms with Gasteiger partial charge in [0, 0.05) is 6.07 Å². The number of alkyl halides is 3. The summed E-state index contributed by atoms with van der Waals surface area (Å²) in [6, 6.07) is 0.708. The highest BCUT2D eigenvalue weighted by Gasteiger charge is 2.40. The van der Waals surface area contributed by atoms with E-state index in [1.807, 2.05) is 5.32 Å². The highest BCUT2D eigenvalue weighted by molar-refractivity contribution is 5.98. The van der Waals surface area contributed by atoms with Gasteiger partial charge in [-0.1, -0.05) is 0 Å². The summed E-state index contributed by atoms with van der Waals surface area (Å²) in [6.45, 7) is 0. The lowest BCUT2D eigenvalue weighted by atomic mass is 10.1. The van der Waals surface area contributed by atoms with Crippen molar-refractivity contribution >= 4 is 23.8 Å². The number of nitro benzene ring substituents is 1. The molecule has 1 N–H and O–H groups in total. The van der Waals surface area contributed by atoms with E-state index in [9.17, 15) is 32.9 Å². The predicted molar refractivity (Wildman–Crippen MR) is 59.1 cm³/mol. The van der Waals surface area contributed by atoms with Crippen LogP contribution in [0.25, 0.3) is 0 Å². The Labute approximate surface area is 109 Å². The van der Waals surface area contributed by atoms with Crippen LogP contribution in [0, 0.1) is 10.1 Å². The molecule has 0 aliphatic heterocycles. The Morgan fingerprint density at radius 3 is 2.45 bits per heavy atom. The molecule has 10 heteroatoms. The van der Waals surface area contributed by atoms with Crippen LogP contribution in [0.4, 0.5) is 24.5 Å². The summed E-state index contributed by atoms with van der Waals surface area (Å²) in [5.41, 5.74) is -3.99. The van der Waals surface area contributed by atoms with E-state index in [0.29, 0.717) is 12.1 Å². The van der Waals surface area contributed by atoms with Crippen LogP contribution in [-0.4, -0.2) is 24.4 Å². The SMILES string of the molecule is COC(=O)c1cc([N+](=O)[O-])c(C(F)(F)F)cc1NC=O. The molecule has 7 nitrogen and oxygen atoms in total. The van der Waals surface area contributed by atoms with Crippen LogP contribution in [0.3, 0.4) is 0 Å². The third-order valence-electron chi connectivity index (χ3n) is 2.26. The second-order valence-electron chi connectivity index (χ2n) is 3.42. The normalized spacial score (nSPS) is 10.8. The molecule has 0 aliphatic rings. The number of nitrogens with one attached hydrogen (secondary N) is 1. The molecule has 0 fully saturated rings. The molecule has 0 saturated carbocycles. The fraction of sp³-hybridized carbons (Fsp3) is 0.200. The van der Waals surface area contributed by atoms with E-state index in [-0.39, 0.29) is 6.41 Å². The molecule has 0 heterocycles. The number of halogens is 3. The maximum atomic E-state index is 12.7. The van der Waals surface area contributed by atoms with Crippen LogP contribution in [0.2, 0.25) is 0 Å². The number of anilines is 1. The van der Waals surface area contributed by atoms with Gasteiger partial charge in [0.1, 0.15) is 5.56 Å². The third kappa shape index (κ3) is 3.02. The number of esters is 1. The monoisotopic (exact) mass is 292 g/mol. The van der Waals surface area contributed by atoms with Gasteiger partial charge in [-0.3, -0.25) is 14.9 Å². The molecule has 108 valence electrons. The zero-order valence-electron chi connectivity index (χ0n) is 9.85. The van der Waals surface area contributed by atoms with Crippen molar-refractivity contribution in [2.75, 3.05) is 12.4 Å².